The molecule has 3 rings (SSSR count). The van der Waals surface area contributed by atoms with Gasteiger partial charge in [-0.1, -0.05) is 29.5 Å². The Kier molecular flexibility index (Phi) is 3.36. The molecule has 1 aromatic heterocycles. The van der Waals surface area contributed by atoms with E-state index in [1.54, 1.807) is 11.3 Å². The van der Waals surface area contributed by atoms with E-state index >= 15 is 0 Å². The fourth-order valence-electron chi connectivity index (χ4n) is 1.77. The minimum atomic E-state index is 0.788. The van der Waals surface area contributed by atoms with E-state index in [0.29, 0.717) is 0 Å². The summed E-state index contributed by atoms with van der Waals surface area (Å²) in [6.07, 6.45) is 1.83. The van der Waals surface area contributed by atoms with Gasteiger partial charge in [0.15, 0.2) is 0 Å². The molecular weight excluding hydrogens is 272 g/mol. The van der Waals surface area contributed by atoms with Crippen molar-refractivity contribution in [2.75, 3.05) is 0 Å². The van der Waals surface area contributed by atoms with Crippen LogP contribution in [0.3, 0.4) is 0 Å². The van der Waals surface area contributed by atoms with Gasteiger partial charge in [0.25, 0.3) is 0 Å². The minimum absolute atomic E-state index is 0.788. The molecular formula is C15H12N2S2. The number of thiol groups is 1. The zero-order valence-corrected chi connectivity index (χ0v) is 12.1. The zero-order valence-electron chi connectivity index (χ0n) is 10.4. The zero-order chi connectivity index (χ0) is 13.2. The number of hydrogen-bond donors (Lipinski definition) is 1. The van der Waals surface area contributed by atoms with Crippen LogP contribution in [0.2, 0.25) is 0 Å². The van der Waals surface area contributed by atoms with Crippen LogP contribution in [-0.4, -0.2) is 11.2 Å². The van der Waals surface area contributed by atoms with Gasteiger partial charge in [-0.25, -0.2) is 9.98 Å². The van der Waals surface area contributed by atoms with Crippen LogP contribution in [0, 0.1) is 6.92 Å². The molecule has 0 radical (unpaired) electrons. The fourth-order valence-corrected chi connectivity index (χ4v) is 2.82. The van der Waals surface area contributed by atoms with E-state index in [0.717, 1.165) is 21.1 Å². The number of aliphatic imine (C=N–C) groups is 1. The Morgan fingerprint density at radius 3 is 2.74 bits per heavy atom. The average Bonchev–Trinajstić information content (AvgIpc) is 2.80. The van der Waals surface area contributed by atoms with E-state index in [1.165, 1.54) is 10.3 Å². The first-order valence-corrected chi connectivity index (χ1v) is 7.17. The van der Waals surface area contributed by atoms with Gasteiger partial charge < -0.3 is 0 Å². The van der Waals surface area contributed by atoms with Crippen LogP contribution >= 0.6 is 24.0 Å². The molecule has 0 amide bonds. The second-order valence-electron chi connectivity index (χ2n) is 4.32. The molecule has 0 bridgehead atoms. The number of fused-ring (bicyclic) bond motifs is 1. The summed E-state index contributed by atoms with van der Waals surface area (Å²) in [4.78, 5) is 9.87. The molecule has 2 nitrogen and oxygen atoms in total. The average molecular weight is 284 g/mol. The summed E-state index contributed by atoms with van der Waals surface area (Å²) in [6.45, 7) is 2.08. The van der Waals surface area contributed by atoms with Crippen molar-refractivity contribution in [2.24, 2.45) is 4.99 Å². The smallest absolute Gasteiger partial charge is 0.210 e. The third-order valence-electron chi connectivity index (χ3n) is 2.75. The highest BCUT2D eigenvalue weighted by atomic mass is 32.1. The first-order valence-electron chi connectivity index (χ1n) is 5.91. The lowest BCUT2D eigenvalue weighted by atomic mass is 10.2. The Labute approximate surface area is 121 Å². The van der Waals surface area contributed by atoms with E-state index in [2.05, 4.69) is 41.7 Å². The van der Waals surface area contributed by atoms with Crippen LogP contribution in [0.25, 0.3) is 10.2 Å². The van der Waals surface area contributed by atoms with E-state index in [4.69, 9.17) is 0 Å². The second-order valence-corrected chi connectivity index (χ2v) is 5.84. The summed E-state index contributed by atoms with van der Waals surface area (Å²) in [5.41, 5.74) is 3.30. The quantitative estimate of drug-likeness (QED) is 0.538. The highest BCUT2D eigenvalue weighted by Gasteiger charge is 2.01. The number of hydrogen-bond acceptors (Lipinski definition) is 4. The molecule has 3 aromatic rings. The standard InChI is InChI=1S/C15H12N2S2/c1-10-2-7-13-14(8-10)19-15(17-13)16-9-11-3-5-12(18)6-4-11/h2-9,18H,1H3. The number of benzene rings is 2. The molecule has 2 aromatic carbocycles. The first-order chi connectivity index (χ1) is 9.20. The van der Waals surface area contributed by atoms with E-state index in [9.17, 15) is 0 Å². The van der Waals surface area contributed by atoms with Crippen LogP contribution in [0.1, 0.15) is 11.1 Å². The molecule has 0 aliphatic carbocycles. The molecule has 0 aliphatic heterocycles. The van der Waals surface area contributed by atoms with Gasteiger partial charge in [-0.2, -0.15) is 0 Å². The number of rotatable bonds is 2. The number of aromatic nitrogens is 1. The maximum absolute atomic E-state index is 4.49. The lowest BCUT2D eigenvalue weighted by Crippen LogP contribution is -1.78. The third-order valence-corrected chi connectivity index (χ3v) is 3.97. The summed E-state index contributed by atoms with van der Waals surface area (Å²) in [5, 5.41) is 0.788. The molecule has 4 heteroatoms. The molecule has 0 spiro atoms. The summed E-state index contributed by atoms with van der Waals surface area (Å²) >= 11 is 5.87. The van der Waals surface area contributed by atoms with Crippen molar-refractivity contribution in [3.8, 4) is 0 Å². The van der Waals surface area contributed by atoms with Crippen molar-refractivity contribution in [3.63, 3.8) is 0 Å². The molecule has 0 saturated carbocycles. The van der Waals surface area contributed by atoms with Gasteiger partial charge in [-0.15, -0.1) is 12.6 Å². The molecule has 0 atom stereocenters. The molecule has 0 aliphatic rings. The second kappa shape index (κ2) is 5.15. The van der Waals surface area contributed by atoms with Gasteiger partial charge in [0.1, 0.15) is 0 Å². The molecule has 1 heterocycles. The summed E-state index contributed by atoms with van der Waals surface area (Å²) in [7, 11) is 0. The lowest BCUT2D eigenvalue weighted by Gasteiger charge is -1.92. The highest BCUT2D eigenvalue weighted by molar-refractivity contribution is 7.80. The van der Waals surface area contributed by atoms with Gasteiger partial charge in [0.05, 0.1) is 10.2 Å². The van der Waals surface area contributed by atoms with Crippen LogP contribution in [0.15, 0.2) is 52.4 Å². The van der Waals surface area contributed by atoms with Gasteiger partial charge in [0, 0.05) is 11.1 Å². The van der Waals surface area contributed by atoms with Gasteiger partial charge in [-0.3, -0.25) is 0 Å². The van der Waals surface area contributed by atoms with E-state index in [1.807, 2.05) is 36.5 Å². The molecule has 0 unspecified atom stereocenters. The molecule has 19 heavy (non-hydrogen) atoms. The SMILES string of the molecule is Cc1ccc2nc(N=Cc3ccc(S)cc3)sc2c1. The Bertz CT molecular complexity index is 742. The topological polar surface area (TPSA) is 25.2 Å². The molecule has 94 valence electrons. The van der Waals surface area contributed by atoms with Crippen LogP contribution in [-0.2, 0) is 0 Å². The molecule has 0 N–H and O–H groups in total. The van der Waals surface area contributed by atoms with Crippen molar-refractivity contribution in [2.45, 2.75) is 11.8 Å². The van der Waals surface area contributed by atoms with Crippen molar-refractivity contribution in [1.29, 1.82) is 0 Å². The maximum atomic E-state index is 4.49. The van der Waals surface area contributed by atoms with E-state index in [-0.39, 0.29) is 0 Å². The monoisotopic (exact) mass is 284 g/mol. The van der Waals surface area contributed by atoms with Crippen LogP contribution in [0.5, 0.6) is 0 Å². The Morgan fingerprint density at radius 1 is 1.16 bits per heavy atom. The fraction of sp³-hybridized carbons (Fsp3) is 0.0667. The van der Waals surface area contributed by atoms with Crippen LogP contribution in [0.4, 0.5) is 5.13 Å². The van der Waals surface area contributed by atoms with E-state index < -0.39 is 0 Å². The molecule has 0 fully saturated rings. The number of nitrogens with zero attached hydrogens (tertiary/aromatic N) is 2. The number of aryl methyl sites for hydroxylation is 1. The highest BCUT2D eigenvalue weighted by Crippen LogP contribution is 2.28. The molecule has 0 saturated heterocycles. The van der Waals surface area contributed by atoms with Gasteiger partial charge in [-0.05, 0) is 42.3 Å². The Hall–Kier alpha value is -1.65. The predicted octanol–water partition coefficient (Wildman–Crippen LogP) is 4.64. The Morgan fingerprint density at radius 2 is 1.95 bits per heavy atom. The first kappa shape index (κ1) is 12.4. The summed E-state index contributed by atoms with van der Waals surface area (Å²) in [5.74, 6) is 0. The van der Waals surface area contributed by atoms with Crippen molar-refractivity contribution in [3.05, 3.63) is 53.6 Å². The minimum Gasteiger partial charge on any atom is -0.227 e. The number of thiazole rings is 1. The van der Waals surface area contributed by atoms with Crippen molar-refractivity contribution in [1.82, 2.24) is 4.98 Å². The van der Waals surface area contributed by atoms with Gasteiger partial charge in [0.2, 0.25) is 5.13 Å². The normalized spacial score (nSPS) is 11.5. The predicted molar refractivity (Wildman–Crippen MR) is 85.3 cm³/mol. The summed E-state index contributed by atoms with van der Waals surface area (Å²) < 4.78 is 1.18. The van der Waals surface area contributed by atoms with Crippen LogP contribution < -0.4 is 0 Å². The Balaban J connectivity index is 1.90. The van der Waals surface area contributed by atoms with Crippen molar-refractivity contribution >= 4 is 45.5 Å². The third kappa shape index (κ3) is 2.85. The van der Waals surface area contributed by atoms with Gasteiger partial charge >= 0.3 is 0 Å². The lowest BCUT2D eigenvalue weighted by molar-refractivity contribution is 1.40. The maximum Gasteiger partial charge on any atom is 0.210 e. The summed E-state index contributed by atoms with van der Waals surface area (Å²) in [6, 6.07) is 14.1. The largest absolute Gasteiger partial charge is 0.227 e. The van der Waals surface area contributed by atoms with Crippen molar-refractivity contribution < 1.29 is 0 Å².